The molecule has 2 aliphatic rings. The van der Waals surface area contributed by atoms with E-state index in [0.29, 0.717) is 11.5 Å². The number of carbonyl (C=O) groups is 1. The first kappa shape index (κ1) is 17.0. The van der Waals surface area contributed by atoms with Crippen molar-refractivity contribution in [2.75, 3.05) is 18.4 Å². The zero-order valence-electron chi connectivity index (χ0n) is 13.3. The molecule has 0 radical (unpaired) electrons. The fourth-order valence-electron chi connectivity index (χ4n) is 4.10. The molecule has 128 valence electrons. The number of amides is 1. The highest BCUT2D eigenvalue weighted by Crippen LogP contribution is 2.44. The Hall–Kier alpha value is -1.85. The second-order valence-corrected chi connectivity index (χ2v) is 6.69. The Morgan fingerprint density at radius 3 is 3.00 bits per heavy atom. The minimum absolute atomic E-state index is 0. The Morgan fingerprint density at radius 1 is 1.25 bits per heavy atom. The van der Waals surface area contributed by atoms with Crippen LogP contribution in [-0.2, 0) is 4.79 Å². The van der Waals surface area contributed by atoms with Crippen LogP contribution >= 0.6 is 12.4 Å². The van der Waals surface area contributed by atoms with Gasteiger partial charge < -0.3 is 15.1 Å². The van der Waals surface area contributed by atoms with Crippen molar-refractivity contribution < 1.29 is 9.21 Å². The molecule has 24 heavy (non-hydrogen) atoms. The van der Waals surface area contributed by atoms with Gasteiger partial charge in [-0.25, -0.2) is 4.79 Å². The van der Waals surface area contributed by atoms with Crippen LogP contribution in [0.2, 0.25) is 0 Å². The summed E-state index contributed by atoms with van der Waals surface area (Å²) in [6, 6.07) is 8.49. The molecule has 6 heteroatoms. The number of fused-ring (bicyclic) bond motifs is 2. The highest BCUT2D eigenvalue weighted by atomic mass is 35.5. The smallest absolute Gasteiger partial charge is 0.336 e. The Bertz CT molecular complexity index is 819. The highest BCUT2D eigenvalue weighted by molar-refractivity contribution is 5.97. The van der Waals surface area contributed by atoms with Gasteiger partial charge >= 0.3 is 5.63 Å². The summed E-state index contributed by atoms with van der Waals surface area (Å²) < 4.78 is 5.13. The summed E-state index contributed by atoms with van der Waals surface area (Å²) in [4.78, 5) is 24.2. The average Bonchev–Trinajstić information content (AvgIpc) is 3.00. The normalized spacial score (nSPS) is 25.8. The summed E-state index contributed by atoms with van der Waals surface area (Å²) in [5, 5.41) is 7.29. The van der Waals surface area contributed by atoms with Gasteiger partial charge in [0, 0.05) is 23.7 Å². The van der Waals surface area contributed by atoms with Crippen LogP contribution in [0.5, 0.6) is 0 Å². The lowest BCUT2D eigenvalue weighted by Crippen LogP contribution is -2.44. The van der Waals surface area contributed by atoms with E-state index in [9.17, 15) is 9.59 Å². The minimum Gasteiger partial charge on any atom is -0.423 e. The van der Waals surface area contributed by atoms with Gasteiger partial charge in [-0.15, -0.1) is 12.4 Å². The van der Waals surface area contributed by atoms with Gasteiger partial charge in [-0.2, -0.15) is 0 Å². The summed E-state index contributed by atoms with van der Waals surface area (Å²) in [6.07, 6.45) is 4.42. The van der Waals surface area contributed by atoms with Crippen LogP contribution in [0.15, 0.2) is 39.5 Å². The number of carbonyl (C=O) groups excluding carboxylic acids is 1. The maximum Gasteiger partial charge on any atom is 0.336 e. The zero-order chi connectivity index (χ0) is 15.9. The third kappa shape index (κ3) is 2.82. The maximum atomic E-state index is 12.9. The van der Waals surface area contributed by atoms with E-state index in [0.717, 1.165) is 43.4 Å². The first-order chi connectivity index (χ1) is 11.2. The molecule has 1 aliphatic heterocycles. The molecule has 2 atom stereocenters. The second kappa shape index (κ2) is 6.57. The average molecular weight is 349 g/mol. The fourth-order valence-corrected chi connectivity index (χ4v) is 4.10. The van der Waals surface area contributed by atoms with E-state index in [1.54, 1.807) is 18.2 Å². The fraction of sp³-hybridized carbons (Fsp3) is 0.444. The van der Waals surface area contributed by atoms with E-state index in [2.05, 4.69) is 10.6 Å². The molecule has 0 unspecified atom stereocenters. The van der Waals surface area contributed by atoms with Gasteiger partial charge in [-0.3, -0.25) is 4.79 Å². The van der Waals surface area contributed by atoms with E-state index < -0.39 is 0 Å². The van der Waals surface area contributed by atoms with Crippen molar-refractivity contribution in [1.82, 2.24) is 5.32 Å². The Balaban J connectivity index is 0.00000169. The molecular formula is C18H21ClN2O3. The van der Waals surface area contributed by atoms with Gasteiger partial charge in [0.25, 0.3) is 0 Å². The standard InChI is InChI=1S/C18H20N2O3.ClH/c21-16-7-4-12-9-14(5-6-15(12)23-16)20-17(22)18-8-2-1-3-13(18)10-19-11-18;/h4-7,9,13,19H,1-3,8,10-11H2,(H,20,22);1H/t13-,18+;/m0./s1. The van der Waals surface area contributed by atoms with Crippen LogP contribution < -0.4 is 16.3 Å². The Kier molecular flexibility index (Phi) is 4.65. The van der Waals surface area contributed by atoms with Gasteiger partial charge in [0.2, 0.25) is 5.91 Å². The van der Waals surface area contributed by atoms with Crippen molar-refractivity contribution in [3.63, 3.8) is 0 Å². The van der Waals surface area contributed by atoms with Crippen molar-refractivity contribution in [3.8, 4) is 0 Å². The molecular weight excluding hydrogens is 328 g/mol. The first-order valence-electron chi connectivity index (χ1n) is 8.23. The summed E-state index contributed by atoms with van der Waals surface area (Å²) in [7, 11) is 0. The molecule has 2 fully saturated rings. The topological polar surface area (TPSA) is 71.3 Å². The number of benzene rings is 1. The molecule has 2 heterocycles. The van der Waals surface area contributed by atoms with Crippen LogP contribution in [0, 0.1) is 11.3 Å². The molecule has 1 aliphatic carbocycles. The van der Waals surface area contributed by atoms with Crippen molar-refractivity contribution in [2.45, 2.75) is 25.7 Å². The van der Waals surface area contributed by atoms with E-state index in [-0.39, 0.29) is 29.4 Å². The van der Waals surface area contributed by atoms with Crippen LogP contribution in [0.3, 0.4) is 0 Å². The van der Waals surface area contributed by atoms with E-state index in [4.69, 9.17) is 4.42 Å². The first-order valence-corrected chi connectivity index (χ1v) is 8.23. The molecule has 0 spiro atoms. The third-order valence-electron chi connectivity index (χ3n) is 5.37. The van der Waals surface area contributed by atoms with Crippen LogP contribution in [0.25, 0.3) is 11.0 Å². The Morgan fingerprint density at radius 2 is 2.12 bits per heavy atom. The van der Waals surface area contributed by atoms with Gasteiger partial charge in [0.1, 0.15) is 5.58 Å². The van der Waals surface area contributed by atoms with Crippen LogP contribution in [0.1, 0.15) is 25.7 Å². The van der Waals surface area contributed by atoms with Crippen molar-refractivity contribution >= 4 is 35.0 Å². The molecule has 1 aromatic carbocycles. The largest absolute Gasteiger partial charge is 0.423 e. The van der Waals surface area contributed by atoms with Crippen molar-refractivity contribution in [1.29, 1.82) is 0 Å². The number of nitrogens with one attached hydrogen (secondary N) is 2. The molecule has 2 N–H and O–H groups in total. The number of hydrogen-bond donors (Lipinski definition) is 2. The summed E-state index contributed by atoms with van der Waals surface area (Å²) in [6.45, 7) is 1.71. The van der Waals surface area contributed by atoms with Crippen LogP contribution in [-0.4, -0.2) is 19.0 Å². The molecule has 1 saturated carbocycles. The molecule has 1 amide bonds. The summed E-state index contributed by atoms with van der Waals surface area (Å²) in [5.74, 6) is 0.554. The minimum atomic E-state index is -0.366. The van der Waals surface area contributed by atoms with E-state index >= 15 is 0 Å². The lowest BCUT2D eigenvalue weighted by atomic mass is 9.67. The molecule has 1 aromatic heterocycles. The number of hydrogen-bond acceptors (Lipinski definition) is 4. The molecule has 1 saturated heterocycles. The summed E-state index contributed by atoms with van der Waals surface area (Å²) >= 11 is 0. The molecule has 5 nitrogen and oxygen atoms in total. The van der Waals surface area contributed by atoms with Gasteiger partial charge in [0.15, 0.2) is 0 Å². The molecule has 0 bridgehead atoms. The van der Waals surface area contributed by atoms with E-state index in [1.807, 2.05) is 6.07 Å². The second-order valence-electron chi connectivity index (χ2n) is 6.69. The molecule has 4 rings (SSSR count). The number of halogens is 1. The predicted molar refractivity (Wildman–Crippen MR) is 95.6 cm³/mol. The van der Waals surface area contributed by atoms with Crippen molar-refractivity contribution in [2.24, 2.45) is 11.3 Å². The lowest BCUT2D eigenvalue weighted by molar-refractivity contribution is -0.128. The number of rotatable bonds is 2. The van der Waals surface area contributed by atoms with Gasteiger partial charge in [-0.05, 0) is 49.6 Å². The number of anilines is 1. The van der Waals surface area contributed by atoms with E-state index in [1.165, 1.54) is 12.5 Å². The van der Waals surface area contributed by atoms with Crippen LogP contribution in [0.4, 0.5) is 5.69 Å². The molecule has 2 aromatic rings. The van der Waals surface area contributed by atoms with Crippen molar-refractivity contribution in [3.05, 3.63) is 40.8 Å². The zero-order valence-corrected chi connectivity index (χ0v) is 14.2. The lowest BCUT2D eigenvalue weighted by Gasteiger charge is -2.37. The van der Waals surface area contributed by atoms with Gasteiger partial charge in [-0.1, -0.05) is 12.8 Å². The maximum absolute atomic E-state index is 12.9. The van der Waals surface area contributed by atoms with Gasteiger partial charge in [0.05, 0.1) is 5.41 Å². The Labute approximate surface area is 146 Å². The third-order valence-corrected chi connectivity index (χ3v) is 5.37. The monoisotopic (exact) mass is 348 g/mol. The summed E-state index contributed by atoms with van der Waals surface area (Å²) in [5.41, 5.74) is 0.653. The predicted octanol–water partition coefficient (Wildman–Crippen LogP) is 2.93. The highest BCUT2D eigenvalue weighted by Gasteiger charge is 2.49. The SMILES string of the molecule is Cl.O=C(Nc1ccc2oc(=O)ccc2c1)[C@@]12CCCC[C@H]1CNC2. The quantitative estimate of drug-likeness (QED) is 0.818.